The fraction of sp³-hybridized carbons (Fsp3) is 0.500. The number of anilines is 1. The van der Waals surface area contributed by atoms with Crippen LogP contribution in [0.15, 0.2) is 36.6 Å². The van der Waals surface area contributed by atoms with E-state index in [2.05, 4.69) is 18.8 Å². The van der Waals surface area contributed by atoms with Crippen molar-refractivity contribution < 1.29 is 14.6 Å². The van der Waals surface area contributed by atoms with Crippen molar-refractivity contribution >= 4 is 5.69 Å². The maximum absolute atomic E-state index is 10.1. The average Bonchev–Trinajstić information content (AvgIpc) is 2.40. The van der Waals surface area contributed by atoms with Crippen molar-refractivity contribution in [2.75, 3.05) is 12.1 Å². The summed E-state index contributed by atoms with van der Waals surface area (Å²) in [5.41, 5.74) is 0.678. The number of hydrogen-bond donors (Lipinski definition) is 2. The Morgan fingerprint density at radius 1 is 1.35 bits per heavy atom. The molecular formula is C16H25NO3. The lowest BCUT2D eigenvalue weighted by Crippen LogP contribution is -2.35. The number of rotatable bonds is 8. The molecule has 1 atom stereocenters. The molecule has 1 aromatic rings. The van der Waals surface area contributed by atoms with Crippen LogP contribution in [0.5, 0.6) is 5.75 Å². The number of benzene rings is 1. The Hall–Kier alpha value is -1.68. The molecule has 4 nitrogen and oxygen atoms in total. The highest BCUT2D eigenvalue weighted by Crippen LogP contribution is 2.26. The molecule has 0 aromatic heterocycles. The predicted molar refractivity (Wildman–Crippen MR) is 81.5 cm³/mol. The van der Waals surface area contributed by atoms with Crippen LogP contribution in [0.3, 0.4) is 0 Å². The van der Waals surface area contributed by atoms with E-state index >= 15 is 0 Å². The molecule has 0 bridgehead atoms. The Labute approximate surface area is 121 Å². The smallest absolute Gasteiger partial charge is 0.230 e. The van der Waals surface area contributed by atoms with Crippen LogP contribution in [-0.4, -0.2) is 18.1 Å². The van der Waals surface area contributed by atoms with Gasteiger partial charge in [-0.3, -0.25) is 0 Å². The molecule has 0 amide bonds. The summed E-state index contributed by atoms with van der Waals surface area (Å²) < 4.78 is 10.5. The molecule has 0 radical (unpaired) electrons. The van der Waals surface area contributed by atoms with Crippen LogP contribution in [-0.2, 0) is 4.74 Å². The van der Waals surface area contributed by atoms with E-state index in [-0.39, 0.29) is 12.2 Å². The second kappa shape index (κ2) is 7.20. The highest BCUT2D eigenvalue weighted by atomic mass is 16.7. The monoisotopic (exact) mass is 279 g/mol. The fourth-order valence-electron chi connectivity index (χ4n) is 1.39. The van der Waals surface area contributed by atoms with Crippen LogP contribution < -0.4 is 10.1 Å². The minimum Gasteiger partial charge on any atom is -0.463 e. The molecule has 2 N–H and O–H groups in total. The summed E-state index contributed by atoms with van der Waals surface area (Å²) in [6, 6.07) is 7.39. The molecule has 0 spiro atoms. The van der Waals surface area contributed by atoms with Gasteiger partial charge in [-0.25, -0.2) is 0 Å². The van der Waals surface area contributed by atoms with Crippen LogP contribution in [0.4, 0.5) is 5.69 Å². The van der Waals surface area contributed by atoms with Crippen molar-refractivity contribution in [3.63, 3.8) is 0 Å². The van der Waals surface area contributed by atoms with Gasteiger partial charge < -0.3 is 19.9 Å². The number of hydrogen-bond acceptors (Lipinski definition) is 4. The zero-order valence-corrected chi connectivity index (χ0v) is 12.8. The Morgan fingerprint density at radius 3 is 2.45 bits per heavy atom. The van der Waals surface area contributed by atoms with Gasteiger partial charge in [0.25, 0.3) is 0 Å². The van der Waals surface area contributed by atoms with Gasteiger partial charge in [-0.15, -0.1) is 0 Å². The Bertz CT molecular complexity index is 426. The highest BCUT2D eigenvalue weighted by Gasteiger charge is 2.25. The van der Waals surface area contributed by atoms with Crippen molar-refractivity contribution in [1.82, 2.24) is 0 Å². The minimum absolute atomic E-state index is 0.146. The van der Waals surface area contributed by atoms with Crippen LogP contribution in [0.1, 0.15) is 34.1 Å². The number of allylic oxidation sites excluding steroid dienone is 1. The van der Waals surface area contributed by atoms with E-state index in [0.717, 1.165) is 12.1 Å². The molecule has 0 saturated carbocycles. The second-order valence-corrected chi connectivity index (χ2v) is 5.52. The lowest BCUT2D eigenvalue weighted by atomic mass is 9.88. The zero-order chi connectivity index (χ0) is 15.2. The lowest BCUT2D eigenvalue weighted by Gasteiger charge is -2.30. The first kappa shape index (κ1) is 16.4. The van der Waals surface area contributed by atoms with Crippen molar-refractivity contribution in [1.29, 1.82) is 0 Å². The van der Waals surface area contributed by atoms with Crippen molar-refractivity contribution in [3.8, 4) is 5.75 Å². The fourth-order valence-corrected chi connectivity index (χ4v) is 1.39. The molecule has 0 saturated heterocycles. The maximum atomic E-state index is 10.1. The van der Waals surface area contributed by atoms with Crippen LogP contribution in [0.2, 0.25) is 0 Å². The zero-order valence-electron chi connectivity index (χ0n) is 12.8. The molecule has 0 fully saturated rings. The first-order chi connectivity index (χ1) is 9.35. The third-order valence-corrected chi connectivity index (χ3v) is 3.34. The van der Waals surface area contributed by atoms with Gasteiger partial charge in [0.2, 0.25) is 6.79 Å². The van der Waals surface area contributed by atoms with E-state index in [1.165, 1.54) is 0 Å². The summed E-state index contributed by atoms with van der Waals surface area (Å²) in [5.74, 6) is 1.33. The molecule has 1 aromatic carbocycles. The van der Waals surface area contributed by atoms with Gasteiger partial charge in [-0.2, -0.15) is 0 Å². The summed E-state index contributed by atoms with van der Waals surface area (Å²) in [6.45, 7) is 11.7. The molecule has 0 aliphatic heterocycles. The van der Waals surface area contributed by atoms with E-state index < -0.39 is 6.23 Å². The molecule has 112 valence electrons. The van der Waals surface area contributed by atoms with Gasteiger partial charge in [0.15, 0.2) is 0 Å². The van der Waals surface area contributed by atoms with E-state index in [1.807, 2.05) is 38.1 Å². The average molecular weight is 279 g/mol. The molecule has 4 heteroatoms. The van der Waals surface area contributed by atoms with Gasteiger partial charge in [0.05, 0.1) is 5.76 Å². The van der Waals surface area contributed by atoms with Gasteiger partial charge >= 0.3 is 0 Å². The molecule has 1 unspecified atom stereocenters. The summed E-state index contributed by atoms with van der Waals surface area (Å²) in [7, 11) is 0. The topological polar surface area (TPSA) is 50.7 Å². The first-order valence-corrected chi connectivity index (χ1v) is 6.81. The maximum Gasteiger partial charge on any atom is 0.230 e. The molecule has 0 aliphatic rings. The molecular weight excluding hydrogens is 254 g/mol. The Balaban J connectivity index is 2.52. The lowest BCUT2D eigenvalue weighted by molar-refractivity contribution is 0.0626. The van der Waals surface area contributed by atoms with Gasteiger partial charge in [-0.1, -0.05) is 27.4 Å². The van der Waals surface area contributed by atoms with Crippen molar-refractivity contribution in [2.45, 2.75) is 40.3 Å². The van der Waals surface area contributed by atoms with E-state index in [9.17, 15) is 5.11 Å². The van der Waals surface area contributed by atoms with Gasteiger partial charge in [-0.05, 0) is 37.6 Å². The van der Waals surface area contributed by atoms with E-state index in [1.54, 1.807) is 6.92 Å². The summed E-state index contributed by atoms with van der Waals surface area (Å²) >= 11 is 0. The standard InChI is InChI=1S/C16H25NO3/c1-6-16(4,5)15(18)17-13-7-9-14(10-8-13)20-11-19-12(2)3/h7-10,15,17-18H,2,6,11H2,1,3-5H3. The normalized spacial score (nSPS) is 12.7. The molecule has 0 heterocycles. The third kappa shape index (κ3) is 5.13. The number of aliphatic hydroxyl groups is 1. The predicted octanol–water partition coefficient (Wildman–Crippen LogP) is 3.74. The Morgan fingerprint density at radius 2 is 1.95 bits per heavy atom. The Kier molecular flexibility index (Phi) is 5.89. The molecule has 0 aliphatic carbocycles. The first-order valence-electron chi connectivity index (χ1n) is 6.81. The number of nitrogens with one attached hydrogen (secondary N) is 1. The summed E-state index contributed by atoms with van der Waals surface area (Å²) in [5, 5.41) is 13.2. The molecule has 1 rings (SSSR count). The number of ether oxygens (including phenoxy) is 2. The number of aliphatic hydroxyl groups excluding tert-OH is 1. The van der Waals surface area contributed by atoms with Crippen molar-refractivity contribution in [2.24, 2.45) is 5.41 Å². The van der Waals surface area contributed by atoms with Crippen LogP contribution >= 0.6 is 0 Å². The van der Waals surface area contributed by atoms with Crippen LogP contribution in [0, 0.1) is 5.41 Å². The summed E-state index contributed by atoms with van der Waals surface area (Å²) in [4.78, 5) is 0. The van der Waals surface area contributed by atoms with Gasteiger partial charge in [0, 0.05) is 11.1 Å². The third-order valence-electron chi connectivity index (χ3n) is 3.34. The van der Waals surface area contributed by atoms with Crippen molar-refractivity contribution in [3.05, 3.63) is 36.6 Å². The highest BCUT2D eigenvalue weighted by molar-refractivity contribution is 5.46. The van der Waals surface area contributed by atoms with E-state index in [0.29, 0.717) is 11.5 Å². The van der Waals surface area contributed by atoms with Crippen LogP contribution in [0.25, 0.3) is 0 Å². The quantitative estimate of drug-likeness (QED) is 0.562. The minimum atomic E-state index is -0.592. The second-order valence-electron chi connectivity index (χ2n) is 5.52. The van der Waals surface area contributed by atoms with E-state index in [4.69, 9.17) is 9.47 Å². The summed E-state index contributed by atoms with van der Waals surface area (Å²) in [6.07, 6.45) is 0.298. The SMILES string of the molecule is C=C(C)OCOc1ccc(NC(O)C(C)(C)CC)cc1. The molecule has 20 heavy (non-hydrogen) atoms. The largest absolute Gasteiger partial charge is 0.463 e. The van der Waals surface area contributed by atoms with Gasteiger partial charge in [0.1, 0.15) is 12.0 Å².